The number of carboxylic acid groups (broad SMARTS) is 1. The van der Waals surface area contributed by atoms with Gasteiger partial charge >= 0.3 is 5.97 Å². The monoisotopic (exact) mass is 229 g/mol. The van der Waals surface area contributed by atoms with Crippen LogP contribution in [0.5, 0.6) is 0 Å². The molecule has 0 aliphatic heterocycles. The van der Waals surface area contributed by atoms with E-state index in [9.17, 15) is 13.2 Å². The summed E-state index contributed by atoms with van der Waals surface area (Å²) in [6.07, 6.45) is -0.420. The number of sulfone groups is 1. The van der Waals surface area contributed by atoms with Crippen molar-refractivity contribution in [3.8, 4) is 0 Å². The van der Waals surface area contributed by atoms with E-state index in [0.717, 1.165) is 0 Å². The van der Waals surface area contributed by atoms with E-state index in [4.69, 9.17) is 10.8 Å². The van der Waals surface area contributed by atoms with Crippen LogP contribution < -0.4 is 5.73 Å². The van der Waals surface area contributed by atoms with E-state index in [1.54, 1.807) is 12.1 Å². The van der Waals surface area contributed by atoms with Crippen LogP contribution in [-0.2, 0) is 14.6 Å². The van der Waals surface area contributed by atoms with Gasteiger partial charge in [0.1, 0.15) is 0 Å². The summed E-state index contributed by atoms with van der Waals surface area (Å²) in [5.41, 5.74) is 5.63. The van der Waals surface area contributed by atoms with E-state index < -0.39 is 28.0 Å². The number of nitrogen functional groups attached to an aromatic ring is 1. The lowest BCUT2D eigenvalue weighted by Gasteiger charge is -2.05. The lowest BCUT2D eigenvalue weighted by molar-refractivity contribution is -0.136. The average Bonchev–Trinajstić information content (AvgIpc) is 2.15. The minimum atomic E-state index is -3.59. The average molecular weight is 229 g/mol. The second-order valence-electron chi connectivity index (χ2n) is 3.00. The zero-order valence-corrected chi connectivity index (χ0v) is 8.70. The molecule has 6 heteroatoms. The standard InChI is InChI=1S/C9H11NO4S/c10-7-3-1-2-4-8(7)15(13,14)6-5-9(11)12/h1-4H,5-6,10H2,(H,11,12). The lowest BCUT2D eigenvalue weighted by atomic mass is 10.3. The van der Waals surface area contributed by atoms with Crippen LogP contribution in [0, 0.1) is 0 Å². The van der Waals surface area contributed by atoms with Crippen molar-refractivity contribution in [2.24, 2.45) is 0 Å². The van der Waals surface area contributed by atoms with Crippen LogP contribution in [0.25, 0.3) is 0 Å². The van der Waals surface area contributed by atoms with Crippen molar-refractivity contribution < 1.29 is 18.3 Å². The highest BCUT2D eigenvalue weighted by Crippen LogP contribution is 2.19. The molecule has 0 saturated heterocycles. The summed E-state index contributed by atoms with van der Waals surface area (Å²) >= 11 is 0. The predicted octanol–water partition coefficient (Wildman–Crippen LogP) is 0.517. The third kappa shape index (κ3) is 2.95. The highest BCUT2D eigenvalue weighted by Gasteiger charge is 2.18. The number of para-hydroxylation sites is 1. The first-order valence-electron chi connectivity index (χ1n) is 4.22. The number of hydrogen-bond donors (Lipinski definition) is 2. The fraction of sp³-hybridized carbons (Fsp3) is 0.222. The highest BCUT2D eigenvalue weighted by atomic mass is 32.2. The summed E-state index contributed by atoms with van der Waals surface area (Å²) in [6, 6.07) is 6.00. The first-order chi connectivity index (χ1) is 6.93. The molecule has 0 aliphatic rings. The Morgan fingerprint density at radius 2 is 1.93 bits per heavy atom. The van der Waals surface area contributed by atoms with Crippen LogP contribution in [0.1, 0.15) is 6.42 Å². The Bertz CT molecular complexity index is 467. The van der Waals surface area contributed by atoms with Crippen LogP contribution in [0.15, 0.2) is 29.2 Å². The van der Waals surface area contributed by atoms with Crippen molar-refractivity contribution >= 4 is 21.5 Å². The number of anilines is 1. The van der Waals surface area contributed by atoms with Gasteiger partial charge < -0.3 is 10.8 Å². The second kappa shape index (κ2) is 4.31. The van der Waals surface area contributed by atoms with E-state index in [0.29, 0.717) is 0 Å². The third-order valence-electron chi connectivity index (χ3n) is 1.84. The van der Waals surface area contributed by atoms with Gasteiger partial charge in [0.2, 0.25) is 0 Å². The number of hydrogen-bond acceptors (Lipinski definition) is 4. The summed E-state index contributed by atoms with van der Waals surface area (Å²) in [4.78, 5) is 10.3. The van der Waals surface area contributed by atoms with E-state index in [1.807, 2.05) is 0 Å². The van der Waals surface area contributed by atoms with Gasteiger partial charge in [-0.1, -0.05) is 12.1 Å². The topological polar surface area (TPSA) is 97.5 Å². The van der Waals surface area contributed by atoms with Crippen LogP contribution >= 0.6 is 0 Å². The molecule has 0 spiro atoms. The van der Waals surface area contributed by atoms with Gasteiger partial charge in [-0.15, -0.1) is 0 Å². The molecular weight excluding hydrogens is 218 g/mol. The maximum Gasteiger partial charge on any atom is 0.304 e. The molecule has 15 heavy (non-hydrogen) atoms. The largest absolute Gasteiger partial charge is 0.481 e. The Hall–Kier alpha value is -1.56. The second-order valence-corrected chi connectivity index (χ2v) is 5.08. The van der Waals surface area contributed by atoms with Crippen molar-refractivity contribution in [3.05, 3.63) is 24.3 Å². The minimum absolute atomic E-state index is 0.00810. The summed E-state index contributed by atoms with van der Waals surface area (Å²) in [7, 11) is -3.59. The zero-order chi connectivity index (χ0) is 11.5. The normalized spacial score (nSPS) is 11.2. The minimum Gasteiger partial charge on any atom is -0.481 e. The molecule has 0 amide bonds. The summed E-state index contributed by atoms with van der Waals surface area (Å²) in [6.45, 7) is 0. The molecule has 1 aromatic rings. The molecule has 0 atom stereocenters. The van der Waals surface area contributed by atoms with Crippen molar-refractivity contribution in [1.29, 1.82) is 0 Å². The van der Waals surface area contributed by atoms with Crippen LogP contribution in [0.3, 0.4) is 0 Å². The third-order valence-corrected chi connectivity index (χ3v) is 3.62. The molecule has 0 radical (unpaired) electrons. The maximum absolute atomic E-state index is 11.6. The van der Waals surface area contributed by atoms with E-state index in [2.05, 4.69) is 0 Å². The van der Waals surface area contributed by atoms with Gasteiger partial charge in [-0.25, -0.2) is 8.42 Å². The Morgan fingerprint density at radius 3 is 2.47 bits per heavy atom. The van der Waals surface area contributed by atoms with Gasteiger partial charge in [0, 0.05) is 0 Å². The molecule has 0 aliphatic carbocycles. The molecule has 0 unspecified atom stereocenters. The molecule has 0 bridgehead atoms. The Morgan fingerprint density at radius 1 is 1.33 bits per heavy atom. The van der Waals surface area contributed by atoms with Gasteiger partial charge in [0.15, 0.2) is 9.84 Å². The fourth-order valence-corrected chi connectivity index (χ4v) is 2.47. The van der Waals surface area contributed by atoms with E-state index in [-0.39, 0.29) is 10.6 Å². The number of carbonyl (C=O) groups is 1. The number of nitrogens with two attached hydrogens (primary N) is 1. The van der Waals surface area contributed by atoms with E-state index in [1.165, 1.54) is 12.1 Å². The van der Waals surface area contributed by atoms with Crippen LogP contribution in [-0.4, -0.2) is 25.2 Å². The maximum atomic E-state index is 11.6. The number of carboxylic acids is 1. The molecule has 1 aromatic carbocycles. The molecule has 0 heterocycles. The van der Waals surface area contributed by atoms with Gasteiger partial charge in [0.25, 0.3) is 0 Å². The summed E-state index contributed by atoms with van der Waals surface area (Å²) in [5, 5.41) is 8.40. The van der Waals surface area contributed by atoms with Crippen molar-refractivity contribution in [1.82, 2.24) is 0 Å². The van der Waals surface area contributed by atoms with Gasteiger partial charge in [-0.05, 0) is 12.1 Å². The molecule has 3 N–H and O–H groups in total. The number of benzene rings is 1. The summed E-state index contributed by atoms with van der Waals surface area (Å²) < 4.78 is 23.2. The first kappa shape index (κ1) is 11.5. The van der Waals surface area contributed by atoms with Crippen LogP contribution in [0.2, 0.25) is 0 Å². The molecule has 82 valence electrons. The predicted molar refractivity (Wildman–Crippen MR) is 55.2 cm³/mol. The van der Waals surface area contributed by atoms with Crippen molar-refractivity contribution in [2.45, 2.75) is 11.3 Å². The van der Waals surface area contributed by atoms with Crippen molar-refractivity contribution in [3.63, 3.8) is 0 Å². The lowest BCUT2D eigenvalue weighted by Crippen LogP contribution is -2.12. The van der Waals surface area contributed by atoms with Gasteiger partial charge in [0.05, 0.1) is 22.8 Å². The Labute approximate surface area is 87.4 Å². The van der Waals surface area contributed by atoms with Crippen molar-refractivity contribution in [2.75, 3.05) is 11.5 Å². The number of rotatable bonds is 4. The summed E-state index contributed by atoms with van der Waals surface area (Å²) in [5.74, 6) is -1.58. The van der Waals surface area contributed by atoms with E-state index >= 15 is 0 Å². The van der Waals surface area contributed by atoms with Crippen LogP contribution in [0.4, 0.5) is 5.69 Å². The highest BCUT2D eigenvalue weighted by molar-refractivity contribution is 7.91. The zero-order valence-electron chi connectivity index (χ0n) is 7.88. The molecule has 0 aromatic heterocycles. The number of aliphatic carboxylic acids is 1. The fourth-order valence-electron chi connectivity index (χ4n) is 1.10. The molecule has 5 nitrogen and oxygen atoms in total. The molecule has 0 saturated carbocycles. The molecule has 0 fully saturated rings. The Balaban J connectivity index is 2.97. The smallest absolute Gasteiger partial charge is 0.304 e. The molecule has 1 rings (SSSR count). The quantitative estimate of drug-likeness (QED) is 0.733. The Kier molecular flexibility index (Phi) is 3.31. The molecular formula is C9H11NO4S. The van der Waals surface area contributed by atoms with Gasteiger partial charge in [-0.2, -0.15) is 0 Å². The SMILES string of the molecule is Nc1ccccc1S(=O)(=O)CCC(=O)O. The first-order valence-corrected chi connectivity index (χ1v) is 5.88. The van der Waals surface area contributed by atoms with Gasteiger partial charge in [-0.3, -0.25) is 4.79 Å².